The minimum atomic E-state index is -0.152. The molecule has 0 aliphatic heterocycles. The first-order valence-electron chi connectivity index (χ1n) is 9.50. The molecule has 1 aromatic carbocycles. The summed E-state index contributed by atoms with van der Waals surface area (Å²) in [7, 11) is 0. The molecule has 2 aromatic heterocycles. The number of nitrogens with zero attached hydrogens (tertiary/aromatic N) is 3. The maximum atomic E-state index is 12.8. The zero-order valence-corrected chi connectivity index (χ0v) is 16.1. The van der Waals surface area contributed by atoms with Crippen LogP contribution in [-0.2, 0) is 0 Å². The van der Waals surface area contributed by atoms with Crippen LogP contribution >= 0.6 is 0 Å². The summed E-state index contributed by atoms with van der Waals surface area (Å²) in [6.45, 7) is 3.99. The Balaban J connectivity index is 1.54. The molecule has 0 spiro atoms. The fourth-order valence-electron chi connectivity index (χ4n) is 3.21. The molecule has 5 heteroatoms. The molecule has 1 amide bonds. The Morgan fingerprint density at radius 3 is 2.75 bits per heavy atom. The van der Waals surface area contributed by atoms with Gasteiger partial charge in [-0.15, -0.1) is 0 Å². The number of benzene rings is 1. The Hall–Kier alpha value is -3.39. The maximum absolute atomic E-state index is 12.8. The number of aryl methyl sites for hydroxylation is 1. The lowest BCUT2D eigenvalue weighted by atomic mass is 9.93. The van der Waals surface area contributed by atoms with Gasteiger partial charge in [0.05, 0.1) is 23.6 Å². The van der Waals surface area contributed by atoms with Crippen molar-refractivity contribution in [3.63, 3.8) is 0 Å². The lowest BCUT2D eigenvalue weighted by Crippen LogP contribution is -2.19. The monoisotopic (exact) mass is 370 g/mol. The third-order valence-electron chi connectivity index (χ3n) is 5.22. The van der Waals surface area contributed by atoms with Crippen molar-refractivity contribution in [3.05, 3.63) is 76.9 Å². The number of pyridine rings is 1. The predicted molar refractivity (Wildman–Crippen MR) is 109 cm³/mol. The van der Waals surface area contributed by atoms with Gasteiger partial charge >= 0.3 is 0 Å². The van der Waals surface area contributed by atoms with E-state index in [-0.39, 0.29) is 5.91 Å². The summed E-state index contributed by atoms with van der Waals surface area (Å²) in [5, 5.41) is 7.44. The van der Waals surface area contributed by atoms with Gasteiger partial charge in [-0.1, -0.05) is 17.9 Å². The summed E-state index contributed by atoms with van der Waals surface area (Å²) in [5.74, 6) is 6.09. The SMILES string of the molecule is Cc1ccc(C(=O)Nc2cnn(C3CCC3)c2C)cc1C#Cc1cccnc1. The standard InChI is InChI=1S/C23H22N4O/c1-16-8-10-20(13-19(16)11-9-18-5-4-12-24-14-18)23(28)26-22-15-25-27(17(22)2)21-6-3-7-21/h4-5,8,10,12-15,21H,3,6-7H2,1-2H3,(H,26,28). The highest BCUT2D eigenvalue weighted by molar-refractivity contribution is 6.04. The lowest BCUT2D eigenvalue weighted by molar-refractivity contribution is 0.102. The molecule has 2 heterocycles. The van der Waals surface area contributed by atoms with Crippen molar-refractivity contribution in [2.24, 2.45) is 0 Å². The first-order chi connectivity index (χ1) is 13.6. The van der Waals surface area contributed by atoms with E-state index < -0.39 is 0 Å². The van der Waals surface area contributed by atoms with Crippen LogP contribution < -0.4 is 5.32 Å². The van der Waals surface area contributed by atoms with Gasteiger partial charge < -0.3 is 5.32 Å². The van der Waals surface area contributed by atoms with E-state index in [1.165, 1.54) is 6.42 Å². The van der Waals surface area contributed by atoms with Crippen LogP contribution in [0.15, 0.2) is 48.9 Å². The summed E-state index contributed by atoms with van der Waals surface area (Å²) < 4.78 is 2.03. The number of rotatable bonds is 3. The van der Waals surface area contributed by atoms with Crippen molar-refractivity contribution in [2.75, 3.05) is 5.32 Å². The van der Waals surface area contributed by atoms with E-state index in [4.69, 9.17) is 0 Å². The molecule has 3 aromatic rings. The van der Waals surface area contributed by atoms with Gasteiger partial charge in [-0.2, -0.15) is 5.10 Å². The summed E-state index contributed by atoms with van der Waals surface area (Å²) >= 11 is 0. The molecule has 0 saturated heterocycles. The first-order valence-corrected chi connectivity index (χ1v) is 9.50. The topological polar surface area (TPSA) is 59.8 Å². The van der Waals surface area contributed by atoms with E-state index in [1.54, 1.807) is 18.6 Å². The summed E-state index contributed by atoms with van der Waals surface area (Å²) in [5.41, 5.74) is 5.05. The molecule has 1 aliphatic carbocycles. The first kappa shape index (κ1) is 18.0. The molecule has 1 saturated carbocycles. The fourth-order valence-corrected chi connectivity index (χ4v) is 3.21. The summed E-state index contributed by atoms with van der Waals surface area (Å²) in [4.78, 5) is 16.8. The van der Waals surface area contributed by atoms with Crippen LogP contribution in [-0.4, -0.2) is 20.7 Å². The van der Waals surface area contributed by atoms with Crippen molar-refractivity contribution in [3.8, 4) is 11.8 Å². The second kappa shape index (κ2) is 7.69. The smallest absolute Gasteiger partial charge is 0.255 e. The zero-order valence-electron chi connectivity index (χ0n) is 16.1. The Labute approximate surface area is 164 Å². The predicted octanol–water partition coefficient (Wildman–Crippen LogP) is 4.27. The van der Waals surface area contributed by atoms with E-state index in [9.17, 15) is 4.79 Å². The average Bonchev–Trinajstić information content (AvgIpc) is 3.01. The van der Waals surface area contributed by atoms with Crippen molar-refractivity contribution in [1.29, 1.82) is 0 Å². The fraction of sp³-hybridized carbons (Fsp3) is 0.261. The van der Waals surface area contributed by atoms with E-state index in [0.29, 0.717) is 11.6 Å². The maximum Gasteiger partial charge on any atom is 0.255 e. The van der Waals surface area contributed by atoms with Gasteiger partial charge in [0.15, 0.2) is 0 Å². The molecule has 1 aliphatic rings. The van der Waals surface area contributed by atoms with Crippen LogP contribution in [0.25, 0.3) is 0 Å². The highest BCUT2D eigenvalue weighted by Crippen LogP contribution is 2.33. The molecule has 0 bridgehead atoms. The van der Waals surface area contributed by atoms with Crippen molar-refractivity contribution in [2.45, 2.75) is 39.2 Å². The second-order valence-corrected chi connectivity index (χ2v) is 7.15. The molecular formula is C23H22N4O. The Morgan fingerprint density at radius 1 is 1.18 bits per heavy atom. The molecule has 0 atom stereocenters. The van der Waals surface area contributed by atoms with E-state index in [2.05, 4.69) is 27.2 Å². The van der Waals surface area contributed by atoms with Gasteiger partial charge in [0.1, 0.15) is 0 Å². The molecule has 0 radical (unpaired) electrons. The Bertz CT molecular complexity index is 1070. The second-order valence-electron chi connectivity index (χ2n) is 7.15. The molecule has 5 nitrogen and oxygen atoms in total. The number of aromatic nitrogens is 3. The molecule has 140 valence electrons. The molecule has 28 heavy (non-hydrogen) atoms. The number of nitrogens with one attached hydrogen (secondary N) is 1. The van der Waals surface area contributed by atoms with Gasteiger partial charge in [0, 0.05) is 29.1 Å². The minimum Gasteiger partial charge on any atom is -0.319 e. The number of carbonyl (C=O) groups excluding carboxylic acids is 1. The van der Waals surface area contributed by atoms with Gasteiger partial charge in [-0.25, -0.2) is 0 Å². The highest BCUT2D eigenvalue weighted by Gasteiger charge is 2.23. The van der Waals surface area contributed by atoms with Crippen LogP contribution in [0.2, 0.25) is 0 Å². The third kappa shape index (κ3) is 3.67. The normalized spacial score (nSPS) is 13.4. The lowest BCUT2D eigenvalue weighted by Gasteiger charge is -2.26. The number of carbonyl (C=O) groups is 1. The third-order valence-corrected chi connectivity index (χ3v) is 5.22. The molecule has 4 rings (SSSR count). The molecular weight excluding hydrogens is 348 g/mol. The van der Waals surface area contributed by atoms with Crippen LogP contribution in [0, 0.1) is 25.7 Å². The van der Waals surface area contributed by atoms with Crippen molar-refractivity contribution >= 4 is 11.6 Å². The van der Waals surface area contributed by atoms with Crippen LogP contribution in [0.3, 0.4) is 0 Å². The van der Waals surface area contributed by atoms with Crippen LogP contribution in [0.1, 0.15) is 58.0 Å². The number of hydrogen-bond acceptors (Lipinski definition) is 3. The number of anilines is 1. The van der Waals surface area contributed by atoms with E-state index in [0.717, 1.165) is 40.9 Å². The van der Waals surface area contributed by atoms with Crippen molar-refractivity contribution in [1.82, 2.24) is 14.8 Å². The summed E-state index contributed by atoms with van der Waals surface area (Å²) in [6, 6.07) is 9.82. The Kier molecular flexibility index (Phi) is 4.94. The largest absolute Gasteiger partial charge is 0.319 e. The van der Waals surface area contributed by atoms with Gasteiger partial charge in [-0.05, 0) is 62.9 Å². The van der Waals surface area contributed by atoms with Crippen LogP contribution in [0.5, 0.6) is 0 Å². The number of hydrogen-bond donors (Lipinski definition) is 1. The molecule has 1 fully saturated rings. The molecule has 1 N–H and O–H groups in total. The van der Waals surface area contributed by atoms with Gasteiger partial charge in [0.25, 0.3) is 5.91 Å². The summed E-state index contributed by atoms with van der Waals surface area (Å²) in [6.07, 6.45) is 8.75. The highest BCUT2D eigenvalue weighted by atomic mass is 16.1. The van der Waals surface area contributed by atoms with E-state index in [1.807, 2.05) is 48.9 Å². The van der Waals surface area contributed by atoms with Crippen molar-refractivity contribution < 1.29 is 4.79 Å². The quantitative estimate of drug-likeness (QED) is 0.701. The Morgan fingerprint density at radius 2 is 2.04 bits per heavy atom. The average molecular weight is 370 g/mol. The van der Waals surface area contributed by atoms with Gasteiger partial charge in [0.2, 0.25) is 0 Å². The van der Waals surface area contributed by atoms with E-state index >= 15 is 0 Å². The number of amides is 1. The molecule has 0 unspecified atom stereocenters. The van der Waals surface area contributed by atoms with Gasteiger partial charge in [-0.3, -0.25) is 14.5 Å². The minimum absolute atomic E-state index is 0.152. The zero-order chi connectivity index (χ0) is 19.5. The van der Waals surface area contributed by atoms with Crippen LogP contribution in [0.4, 0.5) is 5.69 Å².